The number of H-pyrrole nitrogens is 1. The minimum Gasteiger partial charge on any atom is -0.506 e. The molecule has 0 radical (unpaired) electrons. The zero-order valence-corrected chi connectivity index (χ0v) is 13.0. The van der Waals surface area contributed by atoms with Crippen LogP contribution in [0.3, 0.4) is 0 Å². The van der Waals surface area contributed by atoms with Crippen molar-refractivity contribution in [3.8, 4) is 17.1 Å². The lowest BCUT2D eigenvalue weighted by molar-refractivity contribution is 0.475. The number of benzene rings is 2. The maximum Gasteiger partial charge on any atom is 0.259 e. The summed E-state index contributed by atoms with van der Waals surface area (Å²) in [7, 11) is 0. The van der Waals surface area contributed by atoms with Crippen LogP contribution in [0.1, 0.15) is 25.3 Å². The highest BCUT2D eigenvalue weighted by Gasteiger charge is 2.09. The highest BCUT2D eigenvalue weighted by molar-refractivity contribution is 6.32. The first-order chi connectivity index (χ1) is 10.5. The number of phenolic OH excluding ortho intramolecular Hbond substituents is 1. The molecule has 0 fully saturated rings. The molecule has 2 N–H and O–H groups in total. The average molecular weight is 315 g/mol. The van der Waals surface area contributed by atoms with Crippen LogP contribution in [0.15, 0.2) is 41.2 Å². The molecule has 5 heteroatoms. The van der Waals surface area contributed by atoms with E-state index in [0.29, 0.717) is 28.2 Å². The minimum atomic E-state index is -0.188. The van der Waals surface area contributed by atoms with Crippen LogP contribution in [0, 0.1) is 0 Å². The molecule has 22 heavy (non-hydrogen) atoms. The van der Waals surface area contributed by atoms with Gasteiger partial charge in [-0.1, -0.05) is 31.5 Å². The van der Waals surface area contributed by atoms with Gasteiger partial charge >= 0.3 is 0 Å². The van der Waals surface area contributed by atoms with Gasteiger partial charge in [0.25, 0.3) is 5.56 Å². The van der Waals surface area contributed by atoms with E-state index in [1.54, 1.807) is 12.1 Å². The van der Waals surface area contributed by atoms with Gasteiger partial charge in [0.05, 0.1) is 15.9 Å². The molecule has 0 aliphatic carbocycles. The summed E-state index contributed by atoms with van der Waals surface area (Å²) < 4.78 is 0. The lowest BCUT2D eigenvalue weighted by atomic mass is 10.0. The normalized spacial score (nSPS) is 11.3. The molecule has 0 saturated heterocycles. The fraction of sp³-hybridized carbons (Fsp3) is 0.176. The highest BCUT2D eigenvalue weighted by atomic mass is 35.5. The number of hydrogen-bond acceptors (Lipinski definition) is 3. The summed E-state index contributed by atoms with van der Waals surface area (Å²) >= 11 is 5.91. The third-order valence-electron chi connectivity index (χ3n) is 3.62. The molecule has 1 aromatic heterocycles. The second kappa shape index (κ2) is 5.46. The van der Waals surface area contributed by atoms with Gasteiger partial charge in [0.2, 0.25) is 0 Å². The number of hydrogen-bond donors (Lipinski definition) is 2. The maximum atomic E-state index is 12.3. The molecule has 0 aliphatic rings. The van der Waals surface area contributed by atoms with Gasteiger partial charge in [-0.05, 0) is 41.8 Å². The maximum absolute atomic E-state index is 12.3. The molecule has 0 atom stereocenters. The Balaban J connectivity index is 2.19. The SMILES string of the molecule is CC(C)c1ccc2nc(-c3ccc(O)c(Cl)c3)[nH]c(=O)c2c1. The number of rotatable bonds is 2. The van der Waals surface area contributed by atoms with Gasteiger partial charge < -0.3 is 10.1 Å². The summed E-state index contributed by atoms with van der Waals surface area (Å²) in [5.41, 5.74) is 2.19. The quantitative estimate of drug-likeness (QED) is 0.749. The van der Waals surface area contributed by atoms with Crippen molar-refractivity contribution in [2.45, 2.75) is 19.8 Å². The summed E-state index contributed by atoms with van der Waals surface area (Å²) in [6, 6.07) is 10.4. The van der Waals surface area contributed by atoms with Crippen LogP contribution in [0.2, 0.25) is 5.02 Å². The first kappa shape index (κ1) is 14.6. The van der Waals surface area contributed by atoms with E-state index in [4.69, 9.17) is 11.6 Å². The summed E-state index contributed by atoms with van der Waals surface area (Å²) in [5.74, 6) is 0.770. The molecule has 1 heterocycles. The van der Waals surface area contributed by atoms with Crippen molar-refractivity contribution >= 4 is 22.5 Å². The fourth-order valence-electron chi connectivity index (χ4n) is 2.31. The third-order valence-corrected chi connectivity index (χ3v) is 3.92. The molecule has 0 saturated carbocycles. The van der Waals surface area contributed by atoms with Crippen LogP contribution in [-0.2, 0) is 0 Å². The average Bonchev–Trinajstić information content (AvgIpc) is 2.49. The topological polar surface area (TPSA) is 66.0 Å². The van der Waals surface area contributed by atoms with Gasteiger partial charge in [0.15, 0.2) is 0 Å². The molecular weight excluding hydrogens is 300 g/mol. The Morgan fingerprint density at radius 2 is 1.95 bits per heavy atom. The zero-order valence-electron chi connectivity index (χ0n) is 12.2. The zero-order chi connectivity index (χ0) is 15.9. The van der Waals surface area contributed by atoms with Crippen LogP contribution in [0.25, 0.3) is 22.3 Å². The van der Waals surface area contributed by atoms with E-state index in [-0.39, 0.29) is 16.3 Å². The van der Waals surface area contributed by atoms with Gasteiger partial charge in [-0.15, -0.1) is 0 Å². The van der Waals surface area contributed by atoms with Crippen molar-refractivity contribution in [3.05, 3.63) is 57.3 Å². The number of aromatic nitrogens is 2. The molecule has 4 nitrogen and oxygen atoms in total. The molecule has 0 bridgehead atoms. The van der Waals surface area contributed by atoms with Crippen molar-refractivity contribution in [1.82, 2.24) is 9.97 Å². The standard InChI is InChI=1S/C17H15ClN2O2/c1-9(2)10-3-5-14-12(7-10)17(22)20-16(19-14)11-4-6-15(21)13(18)8-11/h3-9,21H,1-2H3,(H,19,20,22). The van der Waals surface area contributed by atoms with Crippen molar-refractivity contribution < 1.29 is 5.11 Å². The van der Waals surface area contributed by atoms with Crippen LogP contribution < -0.4 is 5.56 Å². The van der Waals surface area contributed by atoms with Crippen LogP contribution in [0.5, 0.6) is 5.75 Å². The van der Waals surface area contributed by atoms with Gasteiger partial charge in [-0.3, -0.25) is 4.79 Å². The number of nitrogens with zero attached hydrogens (tertiary/aromatic N) is 1. The molecule has 0 unspecified atom stereocenters. The Hall–Kier alpha value is -2.33. The van der Waals surface area contributed by atoms with Gasteiger partial charge in [-0.2, -0.15) is 0 Å². The third kappa shape index (κ3) is 2.57. The molecule has 0 spiro atoms. The Morgan fingerprint density at radius 1 is 1.18 bits per heavy atom. The summed E-state index contributed by atoms with van der Waals surface area (Å²) in [6.07, 6.45) is 0. The summed E-state index contributed by atoms with van der Waals surface area (Å²) in [6.45, 7) is 4.16. The Morgan fingerprint density at radius 3 is 2.64 bits per heavy atom. The molecular formula is C17H15ClN2O2. The molecule has 0 aliphatic heterocycles. The molecule has 2 aromatic carbocycles. The summed E-state index contributed by atoms with van der Waals surface area (Å²) in [5, 5.41) is 10.3. The highest BCUT2D eigenvalue weighted by Crippen LogP contribution is 2.28. The largest absolute Gasteiger partial charge is 0.506 e. The predicted octanol–water partition coefficient (Wildman–Crippen LogP) is 4.07. The second-order valence-electron chi connectivity index (χ2n) is 5.51. The number of aromatic hydroxyl groups is 1. The second-order valence-corrected chi connectivity index (χ2v) is 5.92. The number of fused-ring (bicyclic) bond motifs is 1. The number of phenols is 1. The molecule has 112 valence electrons. The fourth-order valence-corrected chi connectivity index (χ4v) is 2.49. The smallest absolute Gasteiger partial charge is 0.259 e. The van der Waals surface area contributed by atoms with E-state index in [0.717, 1.165) is 5.56 Å². The van der Waals surface area contributed by atoms with Gasteiger partial charge in [0.1, 0.15) is 11.6 Å². The van der Waals surface area contributed by atoms with Crippen LogP contribution in [-0.4, -0.2) is 15.1 Å². The van der Waals surface area contributed by atoms with E-state index >= 15 is 0 Å². The lowest BCUT2D eigenvalue weighted by Crippen LogP contribution is -2.10. The van der Waals surface area contributed by atoms with E-state index in [1.165, 1.54) is 6.07 Å². The van der Waals surface area contributed by atoms with Crippen molar-refractivity contribution in [2.75, 3.05) is 0 Å². The Bertz CT molecular complexity index is 916. The van der Waals surface area contributed by atoms with Crippen molar-refractivity contribution in [2.24, 2.45) is 0 Å². The lowest BCUT2D eigenvalue weighted by Gasteiger charge is -2.08. The molecule has 3 aromatic rings. The number of aromatic amines is 1. The number of nitrogens with one attached hydrogen (secondary N) is 1. The van der Waals surface area contributed by atoms with Crippen molar-refractivity contribution in [3.63, 3.8) is 0 Å². The van der Waals surface area contributed by atoms with Gasteiger partial charge in [-0.25, -0.2) is 4.98 Å². The molecule has 0 amide bonds. The Kier molecular flexibility index (Phi) is 3.62. The van der Waals surface area contributed by atoms with Crippen LogP contribution in [0.4, 0.5) is 0 Å². The van der Waals surface area contributed by atoms with Crippen molar-refractivity contribution in [1.29, 1.82) is 0 Å². The van der Waals surface area contributed by atoms with E-state index in [2.05, 4.69) is 23.8 Å². The first-order valence-corrected chi connectivity index (χ1v) is 7.36. The summed E-state index contributed by atoms with van der Waals surface area (Å²) in [4.78, 5) is 19.6. The molecule has 3 rings (SSSR count). The van der Waals surface area contributed by atoms with E-state index in [1.807, 2.05) is 18.2 Å². The first-order valence-electron chi connectivity index (χ1n) is 6.98. The van der Waals surface area contributed by atoms with Gasteiger partial charge in [0, 0.05) is 5.56 Å². The van der Waals surface area contributed by atoms with E-state index in [9.17, 15) is 9.90 Å². The monoisotopic (exact) mass is 314 g/mol. The number of halogens is 1. The predicted molar refractivity (Wildman–Crippen MR) is 88.6 cm³/mol. The minimum absolute atomic E-state index is 0.00451. The van der Waals surface area contributed by atoms with E-state index < -0.39 is 0 Å². The Labute approximate surface area is 132 Å². The van der Waals surface area contributed by atoms with Crippen LogP contribution >= 0.6 is 11.6 Å².